The molecule has 2 aromatic rings. The number of nitrogens with zero attached hydrogens (tertiary/aromatic N) is 1. The first-order chi connectivity index (χ1) is 9.24. The fourth-order valence-electron chi connectivity index (χ4n) is 2.14. The molecule has 0 aliphatic carbocycles. The van der Waals surface area contributed by atoms with Crippen LogP contribution in [0.4, 0.5) is 10.5 Å². The second-order valence-electron chi connectivity index (χ2n) is 4.48. The van der Waals surface area contributed by atoms with E-state index in [-0.39, 0.29) is 6.10 Å². The van der Waals surface area contributed by atoms with Crippen LogP contribution in [-0.4, -0.2) is 29.9 Å². The number of hydrogen-bond acceptors (Lipinski definition) is 4. The number of carbonyl (C=O) groups excluding carboxylic acids is 1. The lowest BCUT2D eigenvalue weighted by atomic mass is 10.2. The second-order valence-corrected chi connectivity index (χ2v) is 4.48. The Kier molecular flexibility index (Phi) is 3.10. The maximum Gasteiger partial charge on any atom is 0.412 e. The Balaban J connectivity index is 1.75. The highest BCUT2D eigenvalue weighted by molar-refractivity contribution is 5.99. The zero-order valence-corrected chi connectivity index (χ0v) is 10.6. The van der Waals surface area contributed by atoms with Gasteiger partial charge in [-0.15, -0.1) is 0 Å². The molecule has 0 bridgehead atoms. The molecule has 1 atom stereocenters. The minimum absolute atomic E-state index is 0.241. The molecule has 1 aliphatic heterocycles. The van der Waals surface area contributed by atoms with E-state index in [0.29, 0.717) is 13.2 Å². The van der Waals surface area contributed by atoms with Gasteiger partial charge in [-0.3, -0.25) is 10.2 Å². The lowest BCUT2D eigenvalue weighted by Crippen LogP contribution is -2.25. The summed E-state index contributed by atoms with van der Waals surface area (Å²) in [6.07, 6.45) is 1.25. The van der Waals surface area contributed by atoms with Crippen molar-refractivity contribution in [2.45, 2.75) is 6.10 Å². The minimum atomic E-state index is -0.464. The van der Waals surface area contributed by atoms with Crippen LogP contribution < -0.4 is 10.8 Å². The first-order valence-corrected chi connectivity index (χ1v) is 6.10. The Morgan fingerprint density at radius 1 is 1.53 bits per heavy atom. The number of benzene rings is 1. The first kappa shape index (κ1) is 12.0. The summed E-state index contributed by atoms with van der Waals surface area (Å²) >= 11 is 0. The summed E-state index contributed by atoms with van der Waals surface area (Å²) in [4.78, 5) is 16.7. The van der Waals surface area contributed by atoms with E-state index in [4.69, 9.17) is 9.57 Å². The molecule has 1 saturated heterocycles. The van der Waals surface area contributed by atoms with Gasteiger partial charge in [-0.2, -0.15) is 5.48 Å². The van der Waals surface area contributed by atoms with Gasteiger partial charge < -0.3 is 9.30 Å². The number of hydrogen-bond donors (Lipinski definition) is 2. The molecule has 0 unspecified atom stereocenters. The zero-order valence-electron chi connectivity index (χ0n) is 10.6. The number of carbonyl (C=O) groups is 1. The molecule has 1 fully saturated rings. The fourth-order valence-corrected chi connectivity index (χ4v) is 2.14. The molecule has 1 amide bonds. The molecule has 6 nitrogen and oxygen atoms in total. The normalized spacial score (nSPS) is 18.7. The van der Waals surface area contributed by atoms with Crippen LogP contribution in [0.2, 0.25) is 0 Å². The number of ether oxygens (including phenoxy) is 1. The summed E-state index contributed by atoms with van der Waals surface area (Å²) in [5.74, 6) is 0. The average Bonchev–Trinajstić information content (AvgIpc) is 3.01. The monoisotopic (exact) mass is 261 g/mol. The number of amides is 1. The van der Waals surface area contributed by atoms with Crippen LogP contribution in [0.15, 0.2) is 30.5 Å². The van der Waals surface area contributed by atoms with E-state index >= 15 is 0 Å². The van der Waals surface area contributed by atoms with Crippen molar-refractivity contribution in [1.29, 1.82) is 0 Å². The van der Waals surface area contributed by atoms with E-state index in [1.54, 1.807) is 0 Å². The molecule has 2 heterocycles. The van der Waals surface area contributed by atoms with Gasteiger partial charge >= 0.3 is 6.09 Å². The highest BCUT2D eigenvalue weighted by Gasteiger charge is 2.20. The predicted octanol–water partition coefficient (Wildman–Crippen LogP) is 1.63. The van der Waals surface area contributed by atoms with Crippen molar-refractivity contribution in [3.8, 4) is 0 Å². The molecule has 1 aliphatic rings. The SMILES string of the molecule is Cn1ccc2c(NC(=O)O[C@H]3CNOC3)cccc21. The lowest BCUT2D eigenvalue weighted by Gasteiger charge is -2.11. The minimum Gasteiger partial charge on any atom is -0.442 e. The zero-order chi connectivity index (χ0) is 13.2. The summed E-state index contributed by atoms with van der Waals surface area (Å²) in [6.45, 7) is 0.895. The standard InChI is InChI=1S/C13H15N3O3/c1-16-6-5-10-11(3-2-4-12(10)16)15-13(17)19-9-7-14-18-8-9/h2-6,9,14H,7-8H2,1H3,(H,15,17)/t9-/m0/s1. The van der Waals surface area contributed by atoms with Crippen molar-refractivity contribution in [3.05, 3.63) is 30.5 Å². The van der Waals surface area contributed by atoms with Crippen LogP contribution in [-0.2, 0) is 16.6 Å². The van der Waals surface area contributed by atoms with Gasteiger partial charge in [-0.05, 0) is 18.2 Å². The van der Waals surface area contributed by atoms with Gasteiger partial charge in [0.15, 0.2) is 0 Å². The Hall–Kier alpha value is -2.05. The smallest absolute Gasteiger partial charge is 0.412 e. The number of anilines is 1. The highest BCUT2D eigenvalue weighted by atomic mass is 16.7. The molecule has 6 heteroatoms. The van der Waals surface area contributed by atoms with E-state index in [1.807, 2.05) is 42.1 Å². The largest absolute Gasteiger partial charge is 0.442 e. The third-order valence-corrected chi connectivity index (χ3v) is 3.12. The molecule has 0 saturated carbocycles. The average molecular weight is 261 g/mol. The maximum absolute atomic E-state index is 11.8. The Bertz CT molecular complexity index is 602. The predicted molar refractivity (Wildman–Crippen MR) is 70.8 cm³/mol. The topological polar surface area (TPSA) is 64.5 Å². The van der Waals surface area contributed by atoms with Crippen molar-refractivity contribution in [1.82, 2.24) is 10.0 Å². The van der Waals surface area contributed by atoms with Crippen LogP contribution in [0.5, 0.6) is 0 Å². The quantitative estimate of drug-likeness (QED) is 0.862. The van der Waals surface area contributed by atoms with Gasteiger partial charge in [0.2, 0.25) is 0 Å². The number of hydroxylamine groups is 1. The number of aryl methyl sites for hydroxylation is 1. The molecule has 0 spiro atoms. The summed E-state index contributed by atoms with van der Waals surface area (Å²) in [7, 11) is 1.96. The van der Waals surface area contributed by atoms with E-state index in [9.17, 15) is 4.79 Å². The van der Waals surface area contributed by atoms with Gasteiger partial charge in [0.1, 0.15) is 12.7 Å². The summed E-state index contributed by atoms with van der Waals surface area (Å²) < 4.78 is 7.23. The van der Waals surface area contributed by atoms with Crippen LogP contribution in [0.1, 0.15) is 0 Å². The lowest BCUT2D eigenvalue weighted by molar-refractivity contribution is 0.0692. The van der Waals surface area contributed by atoms with E-state index < -0.39 is 6.09 Å². The van der Waals surface area contributed by atoms with Crippen LogP contribution in [0.3, 0.4) is 0 Å². The van der Waals surface area contributed by atoms with Crippen molar-refractivity contribution in [2.75, 3.05) is 18.5 Å². The number of rotatable bonds is 2. The molecule has 1 aromatic carbocycles. The molecular weight excluding hydrogens is 246 g/mol. The summed E-state index contributed by atoms with van der Waals surface area (Å²) in [5.41, 5.74) is 4.47. The van der Waals surface area contributed by atoms with Gasteiger partial charge in [-0.25, -0.2) is 4.79 Å². The van der Waals surface area contributed by atoms with Gasteiger partial charge in [0.05, 0.1) is 12.2 Å². The molecule has 2 N–H and O–H groups in total. The molecule has 19 heavy (non-hydrogen) atoms. The van der Waals surface area contributed by atoms with Gasteiger partial charge in [0, 0.05) is 24.1 Å². The summed E-state index contributed by atoms with van der Waals surface area (Å²) in [6, 6.07) is 7.72. The number of fused-ring (bicyclic) bond motifs is 1. The van der Waals surface area contributed by atoms with Crippen LogP contribution >= 0.6 is 0 Å². The van der Waals surface area contributed by atoms with Crippen LogP contribution in [0.25, 0.3) is 10.9 Å². The van der Waals surface area contributed by atoms with Crippen molar-refractivity contribution in [2.24, 2.45) is 7.05 Å². The Morgan fingerprint density at radius 2 is 2.42 bits per heavy atom. The highest BCUT2D eigenvalue weighted by Crippen LogP contribution is 2.24. The third-order valence-electron chi connectivity index (χ3n) is 3.12. The second kappa shape index (κ2) is 4.91. The van der Waals surface area contributed by atoms with E-state index in [0.717, 1.165) is 16.6 Å². The molecule has 100 valence electrons. The maximum atomic E-state index is 11.8. The van der Waals surface area contributed by atoms with E-state index in [1.165, 1.54) is 0 Å². The number of nitrogens with one attached hydrogen (secondary N) is 2. The number of aromatic nitrogens is 1. The van der Waals surface area contributed by atoms with E-state index in [2.05, 4.69) is 10.8 Å². The van der Waals surface area contributed by atoms with Crippen molar-refractivity contribution in [3.63, 3.8) is 0 Å². The van der Waals surface area contributed by atoms with Gasteiger partial charge in [0.25, 0.3) is 0 Å². The van der Waals surface area contributed by atoms with Gasteiger partial charge in [-0.1, -0.05) is 6.07 Å². The summed E-state index contributed by atoms with van der Waals surface area (Å²) in [5, 5.41) is 3.76. The Morgan fingerprint density at radius 3 is 3.21 bits per heavy atom. The molecule has 0 radical (unpaired) electrons. The van der Waals surface area contributed by atoms with Crippen molar-refractivity contribution < 1.29 is 14.4 Å². The molecule has 1 aromatic heterocycles. The fraction of sp³-hybridized carbons (Fsp3) is 0.308. The Labute approximate surface area is 110 Å². The third kappa shape index (κ3) is 2.40. The van der Waals surface area contributed by atoms with Crippen LogP contribution in [0, 0.1) is 0 Å². The first-order valence-electron chi connectivity index (χ1n) is 6.10. The van der Waals surface area contributed by atoms with Crippen molar-refractivity contribution >= 4 is 22.7 Å². The molecular formula is C13H15N3O3. The molecule has 3 rings (SSSR count).